The molecule has 1 aliphatic rings. The van der Waals surface area contributed by atoms with Crippen LogP contribution in [0.5, 0.6) is 0 Å². The molecule has 2 heterocycles. The number of carbonyl (C=O) groups excluding carboxylic acids is 2. The topological polar surface area (TPSA) is 65.5 Å². The summed E-state index contributed by atoms with van der Waals surface area (Å²) in [5.41, 5.74) is 1.22. The number of rotatable bonds is 2. The quantitative estimate of drug-likeness (QED) is 0.802. The van der Waals surface area contributed by atoms with Crippen LogP contribution in [-0.2, 0) is 4.79 Å². The smallest absolute Gasteiger partial charge is 0.272 e. The third-order valence-corrected chi connectivity index (χ3v) is 3.02. The van der Waals surface area contributed by atoms with Crippen molar-refractivity contribution in [1.82, 2.24) is 14.8 Å². The van der Waals surface area contributed by atoms with Gasteiger partial charge >= 0.3 is 0 Å². The van der Waals surface area contributed by atoms with Crippen molar-refractivity contribution in [1.29, 1.82) is 0 Å². The highest BCUT2D eigenvalue weighted by Gasteiger charge is 2.26. The molecule has 0 aromatic carbocycles. The van der Waals surface area contributed by atoms with Gasteiger partial charge in [-0.05, 0) is 12.1 Å². The van der Waals surface area contributed by atoms with Crippen LogP contribution in [0.15, 0.2) is 18.3 Å². The number of hydrogen-bond acceptors (Lipinski definition) is 4. The van der Waals surface area contributed by atoms with Gasteiger partial charge in [-0.1, -0.05) is 0 Å². The molecule has 2 amide bonds. The average molecular weight is 248 g/mol. The van der Waals surface area contributed by atoms with E-state index in [2.05, 4.69) is 10.3 Å². The van der Waals surface area contributed by atoms with E-state index in [1.54, 1.807) is 37.3 Å². The first-order valence-corrected chi connectivity index (χ1v) is 5.79. The SMILES string of the molecule is CNc1ccc(C(=O)N2CCN(C)C(=O)C2)nc1. The lowest BCUT2D eigenvalue weighted by Crippen LogP contribution is -2.50. The minimum Gasteiger partial charge on any atom is -0.387 e. The molecule has 0 aliphatic carbocycles. The average Bonchev–Trinajstić information content (AvgIpc) is 2.41. The summed E-state index contributed by atoms with van der Waals surface area (Å²) >= 11 is 0. The molecule has 0 radical (unpaired) electrons. The lowest BCUT2D eigenvalue weighted by Gasteiger charge is -2.31. The van der Waals surface area contributed by atoms with Crippen molar-refractivity contribution < 1.29 is 9.59 Å². The molecule has 0 bridgehead atoms. The first kappa shape index (κ1) is 12.3. The Morgan fingerprint density at radius 1 is 1.39 bits per heavy atom. The van der Waals surface area contributed by atoms with Crippen LogP contribution in [0.1, 0.15) is 10.5 Å². The third kappa shape index (κ3) is 2.42. The van der Waals surface area contributed by atoms with E-state index in [9.17, 15) is 9.59 Å². The van der Waals surface area contributed by atoms with Gasteiger partial charge in [-0.25, -0.2) is 4.98 Å². The van der Waals surface area contributed by atoms with Crippen molar-refractivity contribution in [2.75, 3.05) is 39.0 Å². The Bertz CT molecular complexity index is 458. The fourth-order valence-electron chi connectivity index (χ4n) is 1.76. The monoisotopic (exact) mass is 248 g/mol. The van der Waals surface area contributed by atoms with E-state index in [0.717, 1.165) is 5.69 Å². The van der Waals surface area contributed by atoms with Gasteiger partial charge in [0.25, 0.3) is 5.91 Å². The standard InChI is InChI=1S/C12H16N4O2/c1-13-9-3-4-10(14-7-9)12(18)16-6-5-15(2)11(17)8-16/h3-4,7,13H,5-6,8H2,1-2H3. The summed E-state index contributed by atoms with van der Waals surface area (Å²) in [5.74, 6) is -0.236. The maximum absolute atomic E-state index is 12.1. The number of piperazine rings is 1. The lowest BCUT2D eigenvalue weighted by atomic mass is 10.2. The zero-order valence-corrected chi connectivity index (χ0v) is 10.5. The molecule has 0 spiro atoms. The maximum Gasteiger partial charge on any atom is 0.272 e. The highest BCUT2D eigenvalue weighted by atomic mass is 16.2. The van der Waals surface area contributed by atoms with E-state index in [1.165, 1.54) is 4.90 Å². The number of amides is 2. The van der Waals surface area contributed by atoms with Gasteiger partial charge in [0, 0.05) is 27.2 Å². The van der Waals surface area contributed by atoms with E-state index < -0.39 is 0 Å². The van der Waals surface area contributed by atoms with E-state index in [4.69, 9.17) is 0 Å². The van der Waals surface area contributed by atoms with Gasteiger partial charge in [0.05, 0.1) is 11.9 Å². The highest BCUT2D eigenvalue weighted by Crippen LogP contribution is 2.09. The Morgan fingerprint density at radius 2 is 2.17 bits per heavy atom. The van der Waals surface area contributed by atoms with Crippen molar-refractivity contribution >= 4 is 17.5 Å². The van der Waals surface area contributed by atoms with Gasteiger partial charge in [-0.15, -0.1) is 0 Å². The lowest BCUT2D eigenvalue weighted by molar-refractivity contribution is -0.133. The first-order valence-electron chi connectivity index (χ1n) is 5.79. The molecule has 1 aliphatic heterocycles. The Hall–Kier alpha value is -2.11. The summed E-state index contributed by atoms with van der Waals surface area (Å²) in [6.07, 6.45) is 1.60. The molecule has 6 heteroatoms. The van der Waals surface area contributed by atoms with Gasteiger partial charge in [0.2, 0.25) is 5.91 Å². The van der Waals surface area contributed by atoms with E-state index >= 15 is 0 Å². The van der Waals surface area contributed by atoms with Crippen LogP contribution in [0, 0.1) is 0 Å². The van der Waals surface area contributed by atoms with Gasteiger partial charge < -0.3 is 15.1 Å². The molecule has 0 atom stereocenters. The summed E-state index contributed by atoms with van der Waals surface area (Å²) in [6.45, 7) is 1.25. The van der Waals surface area contributed by atoms with Crippen LogP contribution in [0.25, 0.3) is 0 Å². The number of nitrogens with zero attached hydrogens (tertiary/aromatic N) is 3. The van der Waals surface area contributed by atoms with Crippen LogP contribution >= 0.6 is 0 Å². The summed E-state index contributed by atoms with van der Waals surface area (Å²) in [6, 6.07) is 3.45. The van der Waals surface area contributed by atoms with Gasteiger partial charge in [0.15, 0.2) is 0 Å². The van der Waals surface area contributed by atoms with Crippen molar-refractivity contribution in [2.45, 2.75) is 0 Å². The second-order valence-electron chi connectivity index (χ2n) is 4.22. The normalized spacial score (nSPS) is 15.8. The number of anilines is 1. The molecule has 6 nitrogen and oxygen atoms in total. The van der Waals surface area contributed by atoms with Crippen LogP contribution in [0.3, 0.4) is 0 Å². The zero-order valence-electron chi connectivity index (χ0n) is 10.5. The van der Waals surface area contributed by atoms with Crippen molar-refractivity contribution in [2.24, 2.45) is 0 Å². The highest BCUT2D eigenvalue weighted by molar-refractivity contribution is 5.95. The van der Waals surface area contributed by atoms with E-state index in [-0.39, 0.29) is 18.4 Å². The molecule has 1 saturated heterocycles. The molecule has 2 rings (SSSR count). The minimum atomic E-state index is -0.195. The van der Waals surface area contributed by atoms with E-state index in [1.807, 2.05) is 0 Å². The number of likely N-dealkylation sites (N-methyl/N-ethyl adjacent to an activating group) is 1. The Balaban J connectivity index is 2.08. The molecule has 0 unspecified atom stereocenters. The largest absolute Gasteiger partial charge is 0.387 e. The molecule has 18 heavy (non-hydrogen) atoms. The fraction of sp³-hybridized carbons (Fsp3) is 0.417. The Morgan fingerprint density at radius 3 is 2.72 bits per heavy atom. The number of nitrogens with one attached hydrogen (secondary N) is 1. The first-order chi connectivity index (χ1) is 8.61. The van der Waals surface area contributed by atoms with Gasteiger partial charge in [-0.2, -0.15) is 0 Å². The molecule has 0 saturated carbocycles. The molecule has 96 valence electrons. The third-order valence-electron chi connectivity index (χ3n) is 3.02. The van der Waals surface area contributed by atoms with Crippen LogP contribution in [0.4, 0.5) is 5.69 Å². The van der Waals surface area contributed by atoms with E-state index in [0.29, 0.717) is 18.8 Å². The fourth-order valence-corrected chi connectivity index (χ4v) is 1.76. The molecular weight excluding hydrogens is 232 g/mol. The van der Waals surface area contributed by atoms with Gasteiger partial charge in [0.1, 0.15) is 12.2 Å². The Labute approximate surface area is 106 Å². The van der Waals surface area contributed by atoms with Crippen LogP contribution in [-0.4, -0.2) is 60.3 Å². The second-order valence-corrected chi connectivity index (χ2v) is 4.22. The predicted octanol–water partition coefficient (Wildman–Crippen LogP) is 0.0375. The second kappa shape index (κ2) is 5.03. The van der Waals surface area contributed by atoms with Crippen molar-refractivity contribution in [3.63, 3.8) is 0 Å². The summed E-state index contributed by atoms with van der Waals surface area (Å²) < 4.78 is 0. The Kier molecular flexibility index (Phi) is 3.45. The zero-order chi connectivity index (χ0) is 13.1. The molecular formula is C12H16N4O2. The summed E-state index contributed by atoms with van der Waals surface area (Å²) in [4.78, 5) is 30.9. The van der Waals surface area contributed by atoms with Crippen molar-refractivity contribution in [3.05, 3.63) is 24.0 Å². The predicted molar refractivity (Wildman–Crippen MR) is 67.3 cm³/mol. The molecule has 1 N–H and O–H groups in total. The molecule has 1 fully saturated rings. The number of hydrogen-bond donors (Lipinski definition) is 1. The van der Waals surface area contributed by atoms with Crippen molar-refractivity contribution in [3.8, 4) is 0 Å². The summed E-state index contributed by atoms with van der Waals surface area (Å²) in [5, 5.41) is 2.94. The summed E-state index contributed by atoms with van der Waals surface area (Å²) in [7, 11) is 3.53. The number of aromatic nitrogens is 1. The molecule has 1 aromatic rings. The minimum absolute atomic E-state index is 0.0403. The van der Waals surface area contributed by atoms with Gasteiger partial charge in [-0.3, -0.25) is 9.59 Å². The van der Waals surface area contributed by atoms with Crippen LogP contribution in [0.2, 0.25) is 0 Å². The number of pyridine rings is 1. The van der Waals surface area contributed by atoms with Crippen LogP contribution < -0.4 is 5.32 Å². The molecule has 1 aromatic heterocycles. The maximum atomic E-state index is 12.1. The number of carbonyl (C=O) groups is 2.